The van der Waals surface area contributed by atoms with Crippen molar-refractivity contribution < 1.29 is 4.42 Å². The van der Waals surface area contributed by atoms with Gasteiger partial charge in [0.1, 0.15) is 11.2 Å². The van der Waals surface area contributed by atoms with E-state index in [1.54, 1.807) is 0 Å². The van der Waals surface area contributed by atoms with Gasteiger partial charge in [0.15, 0.2) is 0 Å². The molecule has 1 nitrogen and oxygen atoms in total. The van der Waals surface area contributed by atoms with Crippen LogP contribution in [0.4, 0.5) is 0 Å². The highest BCUT2D eigenvalue weighted by Gasteiger charge is 2.37. The Labute approximate surface area is 129 Å². The van der Waals surface area contributed by atoms with Gasteiger partial charge in [-0.1, -0.05) is 44.2 Å². The van der Waals surface area contributed by atoms with Gasteiger partial charge in [-0.15, -0.1) is 0 Å². The zero-order chi connectivity index (χ0) is 14.9. The molecule has 0 aliphatic heterocycles. The molecule has 0 radical (unpaired) electrons. The van der Waals surface area contributed by atoms with E-state index in [9.17, 15) is 0 Å². The van der Waals surface area contributed by atoms with Crippen molar-refractivity contribution in [3.8, 4) is 0 Å². The Morgan fingerprint density at radius 3 is 2.77 bits per heavy atom. The van der Waals surface area contributed by atoms with Crippen LogP contribution in [0.25, 0.3) is 27.5 Å². The number of rotatable bonds is 0. The molecule has 0 amide bonds. The van der Waals surface area contributed by atoms with E-state index in [0.717, 1.165) is 24.0 Å². The van der Waals surface area contributed by atoms with Crippen LogP contribution >= 0.6 is 0 Å². The fourth-order valence-electron chi connectivity index (χ4n) is 4.21. The highest BCUT2D eigenvalue weighted by Crippen LogP contribution is 2.51. The van der Waals surface area contributed by atoms with E-state index in [4.69, 9.17) is 4.42 Å². The van der Waals surface area contributed by atoms with Crippen LogP contribution in [0.1, 0.15) is 37.8 Å². The Morgan fingerprint density at radius 2 is 1.86 bits per heavy atom. The molecule has 22 heavy (non-hydrogen) atoms. The van der Waals surface area contributed by atoms with Crippen molar-refractivity contribution in [3.05, 3.63) is 65.3 Å². The summed E-state index contributed by atoms with van der Waals surface area (Å²) in [5, 5.41) is 2.46. The van der Waals surface area contributed by atoms with Crippen LogP contribution in [0.5, 0.6) is 0 Å². The van der Waals surface area contributed by atoms with Crippen LogP contribution in [0.3, 0.4) is 0 Å². The van der Waals surface area contributed by atoms with Crippen molar-refractivity contribution in [2.24, 2.45) is 0 Å². The van der Waals surface area contributed by atoms with Crippen LogP contribution in [0.2, 0.25) is 0 Å². The second-order valence-corrected chi connectivity index (χ2v) is 6.95. The Kier molecular flexibility index (Phi) is 2.19. The van der Waals surface area contributed by atoms with E-state index < -0.39 is 0 Å². The second kappa shape index (κ2) is 3.92. The number of allylic oxidation sites excluding steroid dienone is 4. The fourth-order valence-corrected chi connectivity index (χ4v) is 4.21. The van der Waals surface area contributed by atoms with E-state index in [2.05, 4.69) is 56.3 Å². The van der Waals surface area contributed by atoms with Gasteiger partial charge in [0, 0.05) is 16.2 Å². The predicted octanol–water partition coefficient (Wildman–Crippen LogP) is 5.98. The molecule has 0 fully saturated rings. The smallest absolute Gasteiger partial charge is 0.136 e. The second-order valence-electron chi connectivity index (χ2n) is 6.95. The molecule has 0 bridgehead atoms. The highest BCUT2D eigenvalue weighted by molar-refractivity contribution is 6.07. The lowest BCUT2D eigenvalue weighted by molar-refractivity contribution is 0.649. The van der Waals surface area contributed by atoms with Gasteiger partial charge < -0.3 is 4.42 Å². The van der Waals surface area contributed by atoms with Gasteiger partial charge >= 0.3 is 0 Å². The molecule has 0 spiro atoms. The summed E-state index contributed by atoms with van der Waals surface area (Å²) in [5.74, 6) is 0. The normalized spacial score (nSPS) is 19.0. The molecule has 0 saturated carbocycles. The highest BCUT2D eigenvalue weighted by atomic mass is 16.3. The number of benzene rings is 2. The molecule has 108 valence electrons. The van der Waals surface area contributed by atoms with Gasteiger partial charge in [0.25, 0.3) is 0 Å². The Balaban J connectivity index is 1.89. The van der Waals surface area contributed by atoms with Crippen molar-refractivity contribution in [1.29, 1.82) is 0 Å². The standard InChI is InChI=1S/C21H18O/c1-21(2)17-9-5-3-7-13(17)15-12-20-16(11-18(15)21)14-8-4-6-10-19(14)22-20/h4-6,8-12H,3,7H2,1-2H3. The van der Waals surface area contributed by atoms with E-state index in [-0.39, 0.29) is 5.41 Å². The van der Waals surface area contributed by atoms with Crippen molar-refractivity contribution in [1.82, 2.24) is 0 Å². The van der Waals surface area contributed by atoms with E-state index in [1.807, 2.05) is 6.07 Å². The predicted molar refractivity (Wildman–Crippen MR) is 92.0 cm³/mol. The molecule has 1 heteroatoms. The first-order valence-corrected chi connectivity index (χ1v) is 8.02. The Hall–Kier alpha value is -2.28. The fraction of sp³-hybridized carbons (Fsp3) is 0.238. The van der Waals surface area contributed by atoms with Crippen LogP contribution < -0.4 is 0 Å². The lowest BCUT2D eigenvalue weighted by Crippen LogP contribution is -2.16. The van der Waals surface area contributed by atoms with Crippen molar-refractivity contribution in [2.45, 2.75) is 32.1 Å². The number of furan rings is 1. The Bertz CT molecular complexity index is 995. The lowest BCUT2D eigenvalue weighted by atomic mass is 9.80. The molecule has 1 heterocycles. The van der Waals surface area contributed by atoms with Crippen LogP contribution in [0, 0.1) is 0 Å². The minimum atomic E-state index is 0.0914. The monoisotopic (exact) mass is 286 g/mol. The molecule has 5 rings (SSSR count). The average Bonchev–Trinajstić information content (AvgIpc) is 3.00. The lowest BCUT2D eigenvalue weighted by Gasteiger charge is -2.23. The molecule has 2 aliphatic rings. The maximum atomic E-state index is 6.08. The third-order valence-electron chi connectivity index (χ3n) is 5.36. The van der Waals surface area contributed by atoms with Gasteiger partial charge in [-0.25, -0.2) is 0 Å². The average molecular weight is 286 g/mol. The maximum Gasteiger partial charge on any atom is 0.136 e. The maximum absolute atomic E-state index is 6.08. The minimum Gasteiger partial charge on any atom is -0.456 e. The van der Waals surface area contributed by atoms with Gasteiger partial charge in [0.2, 0.25) is 0 Å². The van der Waals surface area contributed by atoms with Crippen molar-refractivity contribution in [2.75, 3.05) is 0 Å². The summed E-state index contributed by atoms with van der Waals surface area (Å²) in [6.07, 6.45) is 6.94. The molecule has 2 aromatic carbocycles. The molecular weight excluding hydrogens is 268 g/mol. The summed E-state index contributed by atoms with van der Waals surface area (Å²) in [6.45, 7) is 4.69. The molecule has 0 saturated heterocycles. The molecule has 2 aliphatic carbocycles. The molecule has 0 atom stereocenters. The first-order valence-electron chi connectivity index (χ1n) is 8.02. The number of hydrogen-bond donors (Lipinski definition) is 0. The zero-order valence-electron chi connectivity index (χ0n) is 12.9. The molecular formula is C21H18O. The number of fused-ring (bicyclic) bond motifs is 5. The summed E-state index contributed by atoms with van der Waals surface area (Å²) < 4.78 is 6.08. The van der Waals surface area contributed by atoms with Crippen LogP contribution in [-0.4, -0.2) is 0 Å². The first kappa shape index (κ1) is 12.3. The summed E-state index contributed by atoms with van der Waals surface area (Å²) in [5.41, 5.74) is 7.94. The van der Waals surface area contributed by atoms with Crippen LogP contribution in [-0.2, 0) is 5.41 Å². The zero-order valence-corrected chi connectivity index (χ0v) is 12.9. The quantitative estimate of drug-likeness (QED) is 0.495. The summed E-state index contributed by atoms with van der Waals surface area (Å²) in [4.78, 5) is 0. The molecule has 3 aromatic rings. The minimum absolute atomic E-state index is 0.0914. The summed E-state index contributed by atoms with van der Waals surface area (Å²) in [6, 6.07) is 13.0. The largest absolute Gasteiger partial charge is 0.456 e. The third kappa shape index (κ3) is 1.39. The Morgan fingerprint density at radius 1 is 1.00 bits per heavy atom. The van der Waals surface area contributed by atoms with Crippen molar-refractivity contribution in [3.63, 3.8) is 0 Å². The van der Waals surface area contributed by atoms with Crippen LogP contribution in [0.15, 0.2) is 58.5 Å². The molecule has 0 unspecified atom stereocenters. The van der Waals surface area contributed by atoms with E-state index >= 15 is 0 Å². The third-order valence-corrected chi connectivity index (χ3v) is 5.36. The summed E-state index contributed by atoms with van der Waals surface area (Å²) >= 11 is 0. The van der Waals surface area contributed by atoms with Gasteiger partial charge in [-0.2, -0.15) is 0 Å². The number of hydrogen-bond acceptors (Lipinski definition) is 1. The number of para-hydroxylation sites is 1. The van der Waals surface area contributed by atoms with E-state index in [1.165, 1.54) is 33.0 Å². The van der Waals surface area contributed by atoms with Crippen molar-refractivity contribution >= 4 is 27.5 Å². The van der Waals surface area contributed by atoms with Gasteiger partial charge in [0.05, 0.1) is 0 Å². The first-order chi connectivity index (χ1) is 10.7. The SMILES string of the molecule is CC1(C)C2=C(CCC=C2)c2cc3oc4ccccc4c3cc21. The van der Waals surface area contributed by atoms with E-state index in [0.29, 0.717) is 0 Å². The molecule has 0 N–H and O–H groups in total. The topological polar surface area (TPSA) is 13.1 Å². The van der Waals surface area contributed by atoms with Gasteiger partial charge in [-0.3, -0.25) is 0 Å². The summed E-state index contributed by atoms with van der Waals surface area (Å²) in [7, 11) is 0. The molecule has 1 aromatic heterocycles. The van der Waals surface area contributed by atoms with Gasteiger partial charge in [-0.05, 0) is 53.3 Å².